The largest absolute Gasteiger partial charge is 0.475 e. The summed E-state index contributed by atoms with van der Waals surface area (Å²) in [4.78, 5) is 36.4. The van der Waals surface area contributed by atoms with Crippen LogP contribution in [0.2, 0.25) is 0 Å². The molecule has 202 valence electrons. The zero-order chi connectivity index (χ0) is 27.5. The quantitative estimate of drug-likeness (QED) is 0.219. The fourth-order valence-electron chi connectivity index (χ4n) is 5.14. The number of nitrogens with zero attached hydrogens (tertiary/aromatic N) is 4. The number of benzene rings is 2. The number of aliphatic hydroxyl groups is 2. The molecule has 1 amide bonds. The van der Waals surface area contributed by atoms with Gasteiger partial charge in [0.15, 0.2) is 5.65 Å². The van der Waals surface area contributed by atoms with Crippen molar-refractivity contribution in [2.75, 3.05) is 11.9 Å². The number of fused-ring (bicyclic) bond motifs is 1. The van der Waals surface area contributed by atoms with Gasteiger partial charge in [0.25, 0.3) is 0 Å². The Labute approximate surface area is 224 Å². The van der Waals surface area contributed by atoms with Gasteiger partial charge in [-0.1, -0.05) is 67.6 Å². The first-order chi connectivity index (χ1) is 18.9. The van der Waals surface area contributed by atoms with Crippen molar-refractivity contribution in [3.05, 3.63) is 83.8 Å². The van der Waals surface area contributed by atoms with Gasteiger partial charge >= 0.3 is 5.97 Å². The standard InChI is InChI=1S/C28H30N6O5/c1-2-22(35)31-19-13-21(24(37)23(19)36)34-26-20(15-29-25(33-26)27(38)39)32-28(34)30-14-18(16-9-5-3-6-10-16)17-11-7-4-8-12-17/h3-12,15,18-19,21,23-24,36-37H,2,13-14H2,1H3,(H,30,32)(H,31,35)(H,38,39)/t19-,21+,23+,24-/m0/s1. The van der Waals surface area contributed by atoms with E-state index >= 15 is 0 Å². The first kappa shape index (κ1) is 26.3. The molecular weight excluding hydrogens is 500 g/mol. The van der Waals surface area contributed by atoms with Gasteiger partial charge in [-0.05, 0) is 17.5 Å². The Morgan fingerprint density at radius 1 is 1.00 bits per heavy atom. The Balaban J connectivity index is 1.54. The molecule has 0 aliphatic heterocycles. The highest BCUT2D eigenvalue weighted by Gasteiger charge is 2.44. The van der Waals surface area contributed by atoms with Crippen LogP contribution < -0.4 is 10.6 Å². The highest BCUT2D eigenvalue weighted by Crippen LogP contribution is 2.36. The molecule has 4 atom stereocenters. The van der Waals surface area contributed by atoms with E-state index < -0.39 is 36.1 Å². The maximum Gasteiger partial charge on any atom is 0.374 e. The Morgan fingerprint density at radius 3 is 2.23 bits per heavy atom. The lowest BCUT2D eigenvalue weighted by Crippen LogP contribution is -2.42. The van der Waals surface area contributed by atoms with Crippen LogP contribution in [0, 0.1) is 0 Å². The third-order valence-electron chi connectivity index (χ3n) is 7.14. The molecule has 0 unspecified atom stereocenters. The van der Waals surface area contributed by atoms with Gasteiger partial charge in [-0.15, -0.1) is 0 Å². The number of imidazole rings is 1. The van der Waals surface area contributed by atoms with E-state index in [-0.39, 0.29) is 30.3 Å². The minimum Gasteiger partial charge on any atom is -0.475 e. The summed E-state index contributed by atoms with van der Waals surface area (Å²) in [6.45, 7) is 2.13. The van der Waals surface area contributed by atoms with E-state index in [1.54, 1.807) is 11.5 Å². The van der Waals surface area contributed by atoms with Crippen molar-refractivity contribution in [3.8, 4) is 0 Å². The number of carbonyl (C=O) groups excluding carboxylic acids is 1. The van der Waals surface area contributed by atoms with E-state index in [1.807, 2.05) is 60.7 Å². The van der Waals surface area contributed by atoms with E-state index in [1.165, 1.54) is 6.20 Å². The summed E-state index contributed by atoms with van der Waals surface area (Å²) in [6, 6.07) is 18.6. The molecule has 1 aliphatic rings. The van der Waals surface area contributed by atoms with Crippen LogP contribution in [0.4, 0.5) is 5.95 Å². The SMILES string of the molecule is CCC(=O)N[C@H]1C[C@@H](n2c(NCC(c3ccccc3)c3ccccc3)nc3cnc(C(=O)O)nc32)[C@H](O)[C@@H]1O. The van der Waals surface area contributed by atoms with Crippen LogP contribution in [-0.2, 0) is 4.79 Å². The van der Waals surface area contributed by atoms with E-state index in [2.05, 4.69) is 25.6 Å². The number of aliphatic hydroxyl groups excluding tert-OH is 2. The van der Waals surface area contributed by atoms with Gasteiger partial charge < -0.3 is 26.0 Å². The van der Waals surface area contributed by atoms with Gasteiger partial charge in [0, 0.05) is 18.9 Å². The predicted octanol–water partition coefficient (Wildman–Crippen LogP) is 2.33. The number of carbonyl (C=O) groups is 2. The first-order valence-electron chi connectivity index (χ1n) is 12.8. The van der Waals surface area contributed by atoms with E-state index in [9.17, 15) is 24.9 Å². The molecule has 39 heavy (non-hydrogen) atoms. The number of hydrogen-bond donors (Lipinski definition) is 5. The second kappa shape index (κ2) is 11.2. The lowest BCUT2D eigenvalue weighted by molar-refractivity contribution is -0.122. The molecule has 5 N–H and O–H groups in total. The van der Waals surface area contributed by atoms with Crippen molar-refractivity contribution in [3.63, 3.8) is 0 Å². The van der Waals surface area contributed by atoms with E-state index in [4.69, 9.17) is 0 Å². The average Bonchev–Trinajstić information content (AvgIpc) is 3.45. The van der Waals surface area contributed by atoms with Gasteiger partial charge in [-0.25, -0.2) is 19.7 Å². The summed E-state index contributed by atoms with van der Waals surface area (Å²) in [5.74, 6) is -1.66. The molecule has 2 aromatic carbocycles. The molecule has 5 rings (SSSR count). The summed E-state index contributed by atoms with van der Waals surface area (Å²) in [7, 11) is 0. The summed E-state index contributed by atoms with van der Waals surface area (Å²) in [6.07, 6.45) is -0.722. The monoisotopic (exact) mass is 530 g/mol. The Hall–Kier alpha value is -4.35. The zero-order valence-electron chi connectivity index (χ0n) is 21.3. The molecular formula is C28H30N6O5. The number of anilines is 1. The molecule has 0 saturated heterocycles. The van der Waals surface area contributed by atoms with Crippen LogP contribution >= 0.6 is 0 Å². The molecule has 2 aromatic heterocycles. The predicted molar refractivity (Wildman–Crippen MR) is 143 cm³/mol. The highest BCUT2D eigenvalue weighted by molar-refractivity contribution is 5.86. The van der Waals surface area contributed by atoms with Crippen molar-refractivity contribution < 1.29 is 24.9 Å². The molecule has 1 fully saturated rings. The topological polar surface area (TPSA) is 162 Å². The molecule has 0 bridgehead atoms. The number of hydrogen-bond acceptors (Lipinski definition) is 8. The minimum absolute atomic E-state index is 0.0444. The van der Waals surface area contributed by atoms with Gasteiger partial charge in [0.1, 0.15) is 17.7 Å². The maximum absolute atomic E-state index is 12.0. The number of rotatable bonds is 9. The molecule has 11 nitrogen and oxygen atoms in total. The molecule has 11 heteroatoms. The van der Waals surface area contributed by atoms with Crippen LogP contribution in [0.15, 0.2) is 66.9 Å². The normalized spacial score (nSPS) is 20.8. The lowest BCUT2D eigenvalue weighted by Gasteiger charge is -2.23. The molecule has 2 heterocycles. The van der Waals surface area contributed by atoms with Crippen LogP contribution in [0.3, 0.4) is 0 Å². The number of aromatic nitrogens is 4. The van der Waals surface area contributed by atoms with Gasteiger partial charge in [0.2, 0.25) is 17.7 Å². The molecule has 1 aliphatic carbocycles. The molecule has 1 saturated carbocycles. The van der Waals surface area contributed by atoms with Crippen LogP contribution in [0.25, 0.3) is 11.2 Å². The second-order valence-electron chi connectivity index (χ2n) is 9.58. The minimum atomic E-state index is -1.30. The fraction of sp³-hybridized carbons (Fsp3) is 0.321. The van der Waals surface area contributed by atoms with E-state index in [0.717, 1.165) is 11.1 Å². The van der Waals surface area contributed by atoms with Gasteiger partial charge in [-0.3, -0.25) is 9.36 Å². The Bertz CT molecular complexity index is 1420. The van der Waals surface area contributed by atoms with Crippen LogP contribution in [0.5, 0.6) is 0 Å². The van der Waals surface area contributed by atoms with Crippen LogP contribution in [-0.4, -0.2) is 71.5 Å². The summed E-state index contributed by atoms with van der Waals surface area (Å²) in [5.41, 5.74) is 2.72. The Kier molecular flexibility index (Phi) is 7.53. The third kappa shape index (κ3) is 5.31. The number of aromatic carboxylic acids is 1. The zero-order valence-corrected chi connectivity index (χ0v) is 21.3. The number of carboxylic acid groups (broad SMARTS) is 1. The van der Waals surface area contributed by atoms with Crippen molar-refractivity contribution in [1.29, 1.82) is 0 Å². The van der Waals surface area contributed by atoms with Crippen LogP contribution in [0.1, 0.15) is 53.5 Å². The van der Waals surface area contributed by atoms with Crippen molar-refractivity contribution >= 4 is 29.0 Å². The molecule has 4 aromatic rings. The average molecular weight is 531 g/mol. The fourth-order valence-corrected chi connectivity index (χ4v) is 5.14. The maximum atomic E-state index is 12.0. The molecule has 0 spiro atoms. The summed E-state index contributed by atoms with van der Waals surface area (Å²) >= 11 is 0. The smallest absolute Gasteiger partial charge is 0.374 e. The second-order valence-corrected chi connectivity index (χ2v) is 9.58. The number of nitrogens with one attached hydrogen (secondary N) is 2. The van der Waals surface area contributed by atoms with E-state index in [0.29, 0.717) is 18.0 Å². The lowest BCUT2D eigenvalue weighted by atomic mass is 9.91. The Morgan fingerprint density at radius 2 is 1.64 bits per heavy atom. The van der Waals surface area contributed by atoms with Gasteiger partial charge in [0.05, 0.1) is 18.3 Å². The van der Waals surface area contributed by atoms with Crippen molar-refractivity contribution in [1.82, 2.24) is 24.8 Å². The number of amides is 1. The summed E-state index contributed by atoms with van der Waals surface area (Å²) in [5, 5.41) is 37.4. The number of carboxylic acids is 1. The van der Waals surface area contributed by atoms with Gasteiger partial charge in [-0.2, -0.15) is 0 Å². The highest BCUT2D eigenvalue weighted by atomic mass is 16.4. The first-order valence-corrected chi connectivity index (χ1v) is 12.8. The third-order valence-corrected chi connectivity index (χ3v) is 7.14. The summed E-state index contributed by atoms with van der Waals surface area (Å²) < 4.78 is 1.61. The van der Waals surface area contributed by atoms with Crippen molar-refractivity contribution in [2.24, 2.45) is 0 Å². The van der Waals surface area contributed by atoms with Crippen molar-refractivity contribution in [2.45, 2.75) is 50.0 Å². The molecule has 0 radical (unpaired) electrons.